The van der Waals surface area contributed by atoms with Crippen LogP contribution in [0.2, 0.25) is 0 Å². The molecule has 4 heterocycles. The Morgan fingerprint density at radius 1 is 0.702 bits per heavy atom. The summed E-state index contributed by atoms with van der Waals surface area (Å²) in [7, 11) is 0. The third-order valence-corrected chi connectivity index (χ3v) is 7.51. The van der Waals surface area contributed by atoms with Crippen molar-refractivity contribution in [3.63, 3.8) is 0 Å². The first-order valence-corrected chi connectivity index (χ1v) is 14.6. The number of hydrogen-bond donors (Lipinski definition) is 0. The maximum atomic E-state index is 13.5. The van der Waals surface area contributed by atoms with E-state index in [2.05, 4.69) is 20.1 Å². The SMILES string of the molecule is O=C(OC[C@H]1OC(n2cnc3c(-n4cccn4)ncnc32)[C@H](OC(=O)c2ccccc2)[C@@H]1OC(=O)c1ccccc1)c1ccccc1. The van der Waals surface area contributed by atoms with Crippen LogP contribution >= 0.6 is 0 Å². The van der Waals surface area contributed by atoms with E-state index in [9.17, 15) is 14.4 Å². The Morgan fingerprint density at radius 3 is 1.89 bits per heavy atom. The van der Waals surface area contributed by atoms with Crippen molar-refractivity contribution in [3.8, 4) is 5.82 Å². The summed E-state index contributed by atoms with van der Waals surface area (Å²) in [4.78, 5) is 53.1. The van der Waals surface area contributed by atoms with Gasteiger partial charge in [0.15, 0.2) is 35.4 Å². The Hall–Kier alpha value is -6.21. The van der Waals surface area contributed by atoms with E-state index >= 15 is 0 Å². The van der Waals surface area contributed by atoms with Crippen LogP contribution in [0.25, 0.3) is 17.0 Å². The largest absolute Gasteiger partial charge is 0.459 e. The van der Waals surface area contributed by atoms with Gasteiger partial charge in [0, 0.05) is 12.4 Å². The second kappa shape index (κ2) is 13.0. The van der Waals surface area contributed by atoms with E-state index in [0.29, 0.717) is 22.5 Å². The van der Waals surface area contributed by atoms with Crippen LogP contribution in [-0.4, -0.2) is 72.1 Å². The molecule has 3 aromatic heterocycles. The second-order valence-corrected chi connectivity index (χ2v) is 10.5. The van der Waals surface area contributed by atoms with E-state index in [-0.39, 0.29) is 17.7 Å². The van der Waals surface area contributed by atoms with Gasteiger partial charge in [0.1, 0.15) is 19.0 Å². The smallest absolute Gasteiger partial charge is 0.338 e. The van der Waals surface area contributed by atoms with E-state index in [0.717, 1.165) is 0 Å². The number of ether oxygens (including phenoxy) is 4. The molecule has 4 atom stereocenters. The van der Waals surface area contributed by atoms with Crippen LogP contribution in [0.5, 0.6) is 0 Å². The highest BCUT2D eigenvalue weighted by molar-refractivity contribution is 5.91. The zero-order chi connectivity index (χ0) is 32.2. The van der Waals surface area contributed by atoms with Crippen LogP contribution < -0.4 is 0 Å². The van der Waals surface area contributed by atoms with E-state index in [1.54, 1.807) is 119 Å². The summed E-state index contributed by atoms with van der Waals surface area (Å²) in [5.74, 6) is -1.55. The number of esters is 3. The van der Waals surface area contributed by atoms with Crippen molar-refractivity contribution < 1.29 is 33.3 Å². The normalized spacial score (nSPS) is 18.9. The first-order valence-electron chi connectivity index (χ1n) is 14.6. The van der Waals surface area contributed by atoms with Crippen LogP contribution in [-0.2, 0) is 18.9 Å². The molecule has 6 aromatic rings. The molecule has 0 saturated carbocycles. The topological polar surface area (TPSA) is 150 Å². The van der Waals surface area contributed by atoms with Gasteiger partial charge < -0.3 is 18.9 Å². The summed E-state index contributed by atoms with van der Waals surface area (Å²) >= 11 is 0. The summed E-state index contributed by atoms with van der Waals surface area (Å²) in [6.45, 7) is -0.323. The Balaban J connectivity index is 1.27. The summed E-state index contributed by atoms with van der Waals surface area (Å²) in [5, 5.41) is 4.25. The molecule has 1 aliphatic rings. The molecule has 0 bridgehead atoms. The van der Waals surface area contributed by atoms with Crippen molar-refractivity contribution in [2.75, 3.05) is 6.61 Å². The fraction of sp³-hybridized carbons (Fsp3) is 0.147. The maximum absolute atomic E-state index is 13.5. The quantitative estimate of drug-likeness (QED) is 0.167. The average Bonchev–Trinajstić information content (AvgIpc) is 3.88. The van der Waals surface area contributed by atoms with Gasteiger partial charge >= 0.3 is 17.9 Å². The number of fused-ring (bicyclic) bond motifs is 1. The molecule has 13 nitrogen and oxygen atoms in total. The van der Waals surface area contributed by atoms with Gasteiger partial charge in [-0.15, -0.1) is 0 Å². The molecular weight excluding hydrogens is 604 g/mol. The molecule has 47 heavy (non-hydrogen) atoms. The second-order valence-electron chi connectivity index (χ2n) is 10.5. The van der Waals surface area contributed by atoms with Crippen LogP contribution in [0, 0.1) is 0 Å². The first-order chi connectivity index (χ1) is 23.1. The molecule has 0 amide bonds. The van der Waals surface area contributed by atoms with Gasteiger partial charge in [-0.25, -0.2) is 34.0 Å². The van der Waals surface area contributed by atoms with Gasteiger partial charge in [0.05, 0.1) is 23.0 Å². The minimum Gasteiger partial charge on any atom is -0.459 e. The van der Waals surface area contributed by atoms with Crippen molar-refractivity contribution in [1.82, 2.24) is 29.3 Å². The van der Waals surface area contributed by atoms with Crippen molar-refractivity contribution in [1.29, 1.82) is 0 Å². The molecule has 0 N–H and O–H groups in total. The Morgan fingerprint density at radius 2 is 1.30 bits per heavy atom. The molecule has 1 fully saturated rings. The van der Waals surface area contributed by atoms with E-state index in [1.165, 1.54) is 12.7 Å². The van der Waals surface area contributed by atoms with Crippen molar-refractivity contribution >= 4 is 29.1 Å². The minimum absolute atomic E-state index is 0.272. The molecule has 0 spiro atoms. The number of hydrogen-bond acceptors (Lipinski definition) is 11. The number of imidazole rings is 1. The number of carbonyl (C=O) groups excluding carboxylic acids is 3. The van der Waals surface area contributed by atoms with Gasteiger partial charge in [0.25, 0.3) is 0 Å². The van der Waals surface area contributed by atoms with Crippen LogP contribution in [0.4, 0.5) is 0 Å². The van der Waals surface area contributed by atoms with Gasteiger partial charge in [-0.2, -0.15) is 5.10 Å². The number of nitrogens with zero attached hydrogens (tertiary/aromatic N) is 6. The molecule has 7 rings (SSSR count). The molecule has 0 radical (unpaired) electrons. The molecule has 1 unspecified atom stereocenters. The van der Waals surface area contributed by atoms with Crippen molar-refractivity contribution in [3.05, 3.63) is 139 Å². The lowest BCUT2D eigenvalue weighted by molar-refractivity contribution is -0.0606. The Kier molecular flexibility index (Phi) is 8.18. The number of aromatic nitrogens is 6. The molecular formula is C34H26N6O7. The third-order valence-electron chi connectivity index (χ3n) is 7.51. The summed E-state index contributed by atoms with van der Waals surface area (Å²) in [5.41, 5.74) is 1.61. The summed E-state index contributed by atoms with van der Waals surface area (Å²) in [6, 6.07) is 26.9. The van der Waals surface area contributed by atoms with Gasteiger partial charge in [-0.3, -0.25) is 4.57 Å². The maximum Gasteiger partial charge on any atom is 0.338 e. The highest BCUT2D eigenvalue weighted by Crippen LogP contribution is 2.37. The lowest BCUT2D eigenvalue weighted by Gasteiger charge is -2.25. The lowest BCUT2D eigenvalue weighted by Crippen LogP contribution is -2.41. The average molecular weight is 631 g/mol. The number of rotatable bonds is 9. The number of carbonyl (C=O) groups is 3. The van der Waals surface area contributed by atoms with E-state index < -0.39 is 42.4 Å². The molecule has 0 aliphatic carbocycles. The molecule has 3 aromatic carbocycles. The predicted molar refractivity (Wildman–Crippen MR) is 164 cm³/mol. The van der Waals surface area contributed by atoms with E-state index in [4.69, 9.17) is 18.9 Å². The van der Waals surface area contributed by atoms with E-state index in [1.807, 2.05) is 0 Å². The lowest BCUT2D eigenvalue weighted by atomic mass is 10.1. The Labute approximate surface area is 267 Å². The van der Waals surface area contributed by atoms with Crippen LogP contribution in [0.3, 0.4) is 0 Å². The number of benzene rings is 3. The molecule has 13 heteroatoms. The highest BCUT2D eigenvalue weighted by Gasteiger charge is 2.52. The zero-order valence-electron chi connectivity index (χ0n) is 24.6. The third kappa shape index (κ3) is 6.07. The zero-order valence-corrected chi connectivity index (χ0v) is 24.6. The Bertz CT molecular complexity index is 2000. The molecule has 1 aliphatic heterocycles. The summed E-state index contributed by atoms with van der Waals surface area (Å²) in [6.07, 6.45) is 1.54. The monoisotopic (exact) mass is 630 g/mol. The standard InChI is InChI=1S/C34H26N6O7/c41-32(22-11-4-1-5-12-22)44-19-25-27(46-33(42)23-13-6-2-7-14-23)28(47-34(43)24-15-8-3-9-16-24)31(45-25)39-21-37-26-29(39)35-20-36-30(26)40-18-10-17-38-40/h1-18,20-21,25,27-28,31H,19H2/t25-,27-,28-,31?/m1/s1. The van der Waals surface area contributed by atoms with Gasteiger partial charge in [-0.1, -0.05) is 54.6 Å². The molecule has 1 saturated heterocycles. The van der Waals surface area contributed by atoms with Crippen molar-refractivity contribution in [2.24, 2.45) is 0 Å². The predicted octanol–water partition coefficient (Wildman–Crippen LogP) is 4.22. The molecule has 234 valence electrons. The highest BCUT2D eigenvalue weighted by atomic mass is 16.7. The van der Waals surface area contributed by atoms with Gasteiger partial charge in [0.2, 0.25) is 0 Å². The summed E-state index contributed by atoms with van der Waals surface area (Å²) < 4.78 is 27.2. The fourth-order valence-corrected chi connectivity index (χ4v) is 5.27. The van der Waals surface area contributed by atoms with Crippen LogP contribution in [0.1, 0.15) is 37.3 Å². The van der Waals surface area contributed by atoms with Crippen molar-refractivity contribution in [2.45, 2.75) is 24.5 Å². The van der Waals surface area contributed by atoms with Crippen LogP contribution in [0.15, 0.2) is 122 Å². The minimum atomic E-state index is -1.23. The first kappa shape index (κ1) is 29.5. The fourth-order valence-electron chi connectivity index (χ4n) is 5.27. The van der Waals surface area contributed by atoms with Gasteiger partial charge in [-0.05, 0) is 42.5 Å².